The number of hydrogen-bond acceptors (Lipinski definition) is 4. The average Bonchev–Trinajstić information content (AvgIpc) is 2.38. The van der Waals surface area contributed by atoms with Crippen molar-refractivity contribution in [1.29, 1.82) is 0 Å². The van der Waals surface area contributed by atoms with Crippen LogP contribution in [0.3, 0.4) is 0 Å². The summed E-state index contributed by atoms with van der Waals surface area (Å²) >= 11 is 0. The third-order valence-corrected chi connectivity index (χ3v) is 2.89. The predicted octanol–water partition coefficient (Wildman–Crippen LogP) is 1.76. The molecule has 1 atom stereocenters. The van der Waals surface area contributed by atoms with Gasteiger partial charge in [-0.2, -0.15) is 0 Å². The van der Waals surface area contributed by atoms with Crippen LogP contribution in [-0.4, -0.2) is 22.7 Å². The second kappa shape index (κ2) is 5.24. The summed E-state index contributed by atoms with van der Waals surface area (Å²) in [5, 5.41) is 9.88. The minimum Gasteiger partial charge on any atom is -0.462 e. The quantitative estimate of drug-likeness (QED) is 0.825. The molecule has 5 nitrogen and oxygen atoms in total. The van der Waals surface area contributed by atoms with Crippen molar-refractivity contribution in [2.75, 3.05) is 6.61 Å². The molecular formula is C14H15NO4. The van der Waals surface area contributed by atoms with Gasteiger partial charge in [-0.05, 0) is 26.0 Å². The van der Waals surface area contributed by atoms with Crippen LogP contribution >= 0.6 is 0 Å². The number of H-pyrrole nitrogens is 1. The number of aliphatic hydroxyl groups excluding tert-OH is 1. The van der Waals surface area contributed by atoms with E-state index in [9.17, 15) is 14.7 Å². The zero-order valence-electron chi connectivity index (χ0n) is 10.8. The van der Waals surface area contributed by atoms with Gasteiger partial charge in [-0.1, -0.05) is 6.07 Å². The number of esters is 1. The van der Waals surface area contributed by atoms with Crippen LogP contribution in [-0.2, 0) is 4.74 Å². The maximum absolute atomic E-state index is 12.2. The molecule has 0 amide bonds. The first kappa shape index (κ1) is 13.3. The Morgan fingerprint density at radius 2 is 2.21 bits per heavy atom. The van der Waals surface area contributed by atoms with Gasteiger partial charge in [0, 0.05) is 17.1 Å². The summed E-state index contributed by atoms with van der Waals surface area (Å²) < 4.78 is 4.94. The van der Waals surface area contributed by atoms with E-state index in [2.05, 4.69) is 4.98 Å². The van der Waals surface area contributed by atoms with E-state index in [1.54, 1.807) is 25.1 Å². The number of para-hydroxylation sites is 1. The molecule has 0 spiro atoms. The highest BCUT2D eigenvalue weighted by Gasteiger charge is 2.15. The first-order valence-corrected chi connectivity index (χ1v) is 6.05. The van der Waals surface area contributed by atoms with Gasteiger partial charge in [-0.15, -0.1) is 0 Å². The Morgan fingerprint density at radius 3 is 2.84 bits per heavy atom. The smallest absolute Gasteiger partial charge is 0.340 e. The van der Waals surface area contributed by atoms with Crippen molar-refractivity contribution >= 4 is 16.9 Å². The van der Waals surface area contributed by atoms with Gasteiger partial charge in [0.15, 0.2) is 5.43 Å². The number of carbonyl (C=O) groups excluding carboxylic acids is 1. The summed E-state index contributed by atoms with van der Waals surface area (Å²) in [6.45, 7) is 3.51. The molecule has 0 aliphatic heterocycles. The molecule has 0 aliphatic carbocycles. The van der Waals surface area contributed by atoms with E-state index < -0.39 is 12.1 Å². The second-order valence-electron chi connectivity index (χ2n) is 4.20. The van der Waals surface area contributed by atoms with Crippen molar-refractivity contribution in [3.63, 3.8) is 0 Å². The van der Waals surface area contributed by atoms with E-state index in [1.165, 1.54) is 13.1 Å². The highest BCUT2D eigenvalue weighted by Crippen LogP contribution is 2.17. The second-order valence-corrected chi connectivity index (χ2v) is 4.20. The number of fused-ring (bicyclic) bond motifs is 1. The van der Waals surface area contributed by atoms with Gasteiger partial charge >= 0.3 is 5.97 Å². The summed E-state index contributed by atoms with van der Waals surface area (Å²) in [6, 6.07) is 4.83. The van der Waals surface area contributed by atoms with Gasteiger partial charge < -0.3 is 14.8 Å². The molecule has 1 aromatic heterocycles. The van der Waals surface area contributed by atoms with Crippen molar-refractivity contribution in [2.45, 2.75) is 20.0 Å². The molecule has 0 saturated carbocycles. The zero-order chi connectivity index (χ0) is 14.0. The molecule has 0 saturated heterocycles. The van der Waals surface area contributed by atoms with Gasteiger partial charge in [0.05, 0.1) is 23.8 Å². The van der Waals surface area contributed by atoms with E-state index >= 15 is 0 Å². The molecule has 1 unspecified atom stereocenters. The average molecular weight is 261 g/mol. The topological polar surface area (TPSA) is 79.4 Å². The number of aliphatic hydroxyl groups is 1. The predicted molar refractivity (Wildman–Crippen MR) is 71.2 cm³/mol. The SMILES string of the molecule is CCOC(=O)c1cccc2c(=O)c(C(C)O)c[nH]c12. The number of hydrogen-bond donors (Lipinski definition) is 2. The molecule has 1 heterocycles. The van der Waals surface area contributed by atoms with Crippen molar-refractivity contribution in [2.24, 2.45) is 0 Å². The molecule has 2 N–H and O–H groups in total. The standard InChI is InChI=1S/C14H15NO4/c1-3-19-14(18)10-6-4-5-9-12(10)15-7-11(8(2)16)13(9)17/h4-8,16H,3H2,1-2H3,(H,15,17). The van der Waals surface area contributed by atoms with Crippen molar-refractivity contribution in [1.82, 2.24) is 4.98 Å². The van der Waals surface area contributed by atoms with E-state index in [0.717, 1.165) is 0 Å². The van der Waals surface area contributed by atoms with Crippen LogP contribution in [0.15, 0.2) is 29.2 Å². The Morgan fingerprint density at radius 1 is 1.47 bits per heavy atom. The van der Waals surface area contributed by atoms with E-state index in [-0.39, 0.29) is 17.6 Å². The highest BCUT2D eigenvalue weighted by atomic mass is 16.5. The minimum atomic E-state index is -0.862. The first-order valence-electron chi connectivity index (χ1n) is 6.05. The lowest BCUT2D eigenvalue weighted by Crippen LogP contribution is -2.15. The zero-order valence-corrected chi connectivity index (χ0v) is 10.8. The molecule has 0 radical (unpaired) electrons. The Bertz CT molecular complexity index is 673. The maximum Gasteiger partial charge on any atom is 0.340 e. The lowest BCUT2D eigenvalue weighted by Gasteiger charge is -2.08. The van der Waals surface area contributed by atoms with Gasteiger partial charge in [-0.3, -0.25) is 4.79 Å². The highest BCUT2D eigenvalue weighted by molar-refractivity contribution is 6.02. The number of nitrogens with one attached hydrogen (secondary N) is 1. The van der Waals surface area contributed by atoms with Crippen LogP contribution in [0.4, 0.5) is 0 Å². The van der Waals surface area contributed by atoms with E-state index in [0.29, 0.717) is 16.5 Å². The largest absolute Gasteiger partial charge is 0.462 e. The number of pyridine rings is 1. The van der Waals surface area contributed by atoms with Crippen LogP contribution in [0.5, 0.6) is 0 Å². The van der Waals surface area contributed by atoms with Crippen LogP contribution in [0.2, 0.25) is 0 Å². The minimum absolute atomic E-state index is 0.269. The van der Waals surface area contributed by atoms with Crippen LogP contribution in [0.25, 0.3) is 10.9 Å². The van der Waals surface area contributed by atoms with Gasteiger partial charge in [0.1, 0.15) is 0 Å². The fourth-order valence-corrected chi connectivity index (χ4v) is 1.96. The summed E-state index contributed by atoms with van der Waals surface area (Å²) in [5.74, 6) is -0.478. The third-order valence-electron chi connectivity index (χ3n) is 2.89. The lowest BCUT2D eigenvalue weighted by molar-refractivity contribution is 0.0528. The molecule has 5 heteroatoms. The summed E-state index contributed by atoms with van der Waals surface area (Å²) in [5.41, 5.74) is 0.729. The summed E-state index contributed by atoms with van der Waals surface area (Å²) in [6.07, 6.45) is 0.567. The number of benzene rings is 1. The molecule has 2 aromatic rings. The number of aromatic nitrogens is 1. The van der Waals surface area contributed by atoms with Crippen LogP contribution < -0.4 is 5.43 Å². The van der Waals surface area contributed by atoms with Crippen molar-refractivity contribution in [3.8, 4) is 0 Å². The lowest BCUT2D eigenvalue weighted by atomic mass is 10.1. The van der Waals surface area contributed by atoms with Gasteiger partial charge in [0.2, 0.25) is 0 Å². The molecule has 1 aromatic carbocycles. The molecule has 0 fully saturated rings. The summed E-state index contributed by atoms with van der Waals surface area (Å²) in [4.78, 5) is 26.9. The number of rotatable bonds is 3. The van der Waals surface area contributed by atoms with Crippen LogP contribution in [0.1, 0.15) is 35.9 Å². The maximum atomic E-state index is 12.2. The normalized spacial score (nSPS) is 12.4. The number of carbonyl (C=O) groups is 1. The molecule has 0 bridgehead atoms. The van der Waals surface area contributed by atoms with Crippen LogP contribution in [0, 0.1) is 0 Å². The Hall–Kier alpha value is -2.14. The molecule has 0 aliphatic rings. The van der Waals surface area contributed by atoms with E-state index in [4.69, 9.17) is 4.74 Å². The van der Waals surface area contributed by atoms with Gasteiger partial charge in [0.25, 0.3) is 0 Å². The molecule has 19 heavy (non-hydrogen) atoms. The molecular weight excluding hydrogens is 246 g/mol. The number of aromatic amines is 1. The van der Waals surface area contributed by atoms with Gasteiger partial charge in [-0.25, -0.2) is 4.79 Å². The molecule has 100 valence electrons. The third kappa shape index (κ3) is 2.37. The van der Waals surface area contributed by atoms with Crippen molar-refractivity contribution < 1.29 is 14.6 Å². The Balaban J connectivity index is 2.68. The van der Waals surface area contributed by atoms with E-state index in [1.807, 2.05) is 0 Å². The fourth-order valence-electron chi connectivity index (χ4n) is 1.96. The first-order chi connectivity index (χ1) is 9.06. The molecule has 2 rings (SSSR count). The number of ether oxygens (including phenoxy) is 1. The van der Waals surface area contributed by atoms with Crippen molar-refractivity contribution in [3.05, 3.63) is 45.7 Å². The Kier molecular flexibility index (Phi) is 3.66. The fraction of sp³-hybridized carbons (Fsp3) is 0.286. The Labute approximate surface area is 109 Å². The summed E-state index contributed by atoms with van der Waals surface area (Å²) in [7, 11) is 0. The monoisotopic (exact) mass is 261 g/mol.